The van der Waals surface area contributed by atoms with Crippen LogP contribution in [0.1, 0.15) is 30.4 Å². The molecule has 2 aliphatic rings. The predicted octanol–water partition coefficient (Wildman–Crippen LogP) is 0.822. The fraction of sp³-hybridized carbons (Fsp3) is 0.688. The van der Waals surface area contributed by atoms with E-state index < -0.39 is 0 Å². The Balaban J connectivity index is 1.71. The second-order valence-corrected chi connectivity index (χ2v) is 6.11. The van der Waals surface area contributed by atoms with Gasteiger partial charge >= 0.3 is 0 Å². The number of anilines is 1. The minimum atomic E-state index is 0.0670. The zero-order chi connectivity index (χ0) is 16.2. The van der Waals surface area contributed by atoms with Crippen LogP contribution in [0, 0.1) is 6.92 Å². The molecule has 23 heavy (non-hydrogen) atoms. The maximum absolute atomic E-state index is 12.7. The number of amides is 1. The number of nitrogens with one attached hydrogen (secondary N) is 1. The fourth-order valence-corrected chi connectivity index (χ4v) is 3.30. The number of carbonyl (C=O) groups is 1. The molecule has 1 unspecified atom stereocenters. The highest BCUT2D eigenvalue weighted by Gasteiger charge is 2.32. The van der Waals surface area contributed by atoms with E-state index in [-0.39, 0.29) is 11.9 Å². The van der Waals surface area contributed by atoms with Gasteiger partial charge in [-0.25, -0.2) is 9.97 Å². The molecule has 126 valence electrons. The summed E-state index contributed by atoms with van der Waals surface area (Å²) in [7, 11) is 1.85. The summed E-state index contributed by atoms with van der Waals surface area (Å²) in [6.45, 7) is 6.27. The zero-order valence-corrected chi connectivity index (χ0v) is 13.9. The summed E-state index contributed by atoms with van der Waals surface area (Å²) < 4.78 is 5.35. The largest absolute Gasteiger partial charge is 0.379 e. The van der Waals surface area contributed by atoms with E-state index in [4.69, 9.17) is 4.74 Å². The van der Waals surface area contributed by atoms with Crippen molar-refractivity contribution in [1.82, 2.24) is 19.8 Å². The molecule has 1 atom stereocenters. The first kappa shape index (κ1) is 16.1. The second kappa shape index (κ2) is 7.23. The first-order valence-electron chi connectivity index (χ1n) is 8.30. The third kappa shape index (κ3) is 3.79. The van der Waals surface area contributed by atoms with Gasteiger partial charge < -0.3 is 15.0 Å². The molecule has 0 aliphatic carbocycles. The third-order valence-electron chi connectivity index (χ3n) is 4.49. The number of hydrogen-bond donors (Lipinski definition) is 1. The van der Waals surface area contributed by atoms with Crippen LogP contribution in [-0.4, -0.2) is 72.1 Å². The molecule has 0 bridgehead atoms. The Bertz CT molecular complexity index is 559. The number of hydrogen-bond acceptors (Lipinski definition) is 6. The molecule has 2 aliphatic heterocycles. The van der Waals surface area contributed by atoms with E-state index in [0.717, 1.165) is 49.8 Å². The van der Waals surface area contributed by atoms with E-state index in [0.29, 0.717) is 19.8 Å². The van der Waals surface area contributed by atoms with Gasteiger partial charge in [-0.2, -0.15) is 0 Å². The Morgan fingerprint density at radius 2 is 2.13 bits per heavy atom. The van der Waals surface area contributed by atoms with Gasteiger partial charge in [0.2, 0.25) is 5.91 Å². The number of aryl methyl sites for hydroxylation is 1. The SMILES string of the molecule is CNc1cc(C2CCCN2C(=O)CN2CCOCC2)nc(C)n1. The summed E-state index contributed by atoms with van der Waals surface area (Å²) in [5.41, 5.74) is 0.940. The van der Waals surface area contributed by atoms with Crippen molar-refractivity contribution >= 4 is 11.7 Å². The highest BCUT2D eigenvalue weighted by Crippen LogP contribution is 2.31. The van der Waals surface area contributed by atoms with Crippen molar-refractivity contribution in [2.24, 2.45) is 0 Å². The number of rotatable bonds is 4. The molecule has 2 fully saturated rings. The molecule has 0 aromatic carbocycles. The molecule has 0 saturated carbocycles. The Morgan fingerprint density at radius 3 is 2.87 bits per heavy atom. The maximum atomic E-state index is 12.7. The van der Waals surface area contributed by atoms with Crippen molar-refractivity contribution in [2.45, 2.75) is 25.8 Å². The molecule has 0 radical (unpaired) electrons. The third-order valence-corrected chi connectivity index (χ3v) is 4.49. The molecule has 1 aromatic heterocycles. The van der Waals surface area contributed by atoms with Crippen LogP contribution in [0.4, 0.5) is 5.82 Å². The molecular formula is C16H25N5O2. The average Bonchev–Trinajstić information content (AvgIpc) is 3.05. The van der Waals surface area contributed by atoms with Crippen molar-refractivity contribution in [3.8, 4) is 0 Å². The van der Waals surface area contributed by atoms with Crippen molar-refractivity contribution in [2.75, 3.05) is 51.8 Å². The Labute approximate surface area is 137 Å². The zero-order valence-electron chi connectivity index (χ0n) is 13.9. The number of morpholine rings is 1. The average molecular weight is 319 g/mol. The van der Waals surface area contributed by atoms with Crippen LogP contribution in [0.2, 0.25) is 0 Å². The highest BCUT2D eigenvalue weighted by molar-refractivity contribution is 5.79. The summed E-state index contributed by atoms with van der Waals surface area (Å²) >= 11 is 0. The lowest BCUT2D eigenvalue weighted by molar-refractivity contribution is -0.134. The minimum absolute atomic E-state index is 0.0670. The Kier molecular flexibility index (Phi) is 5.07. The molecule has 7 nitrogen and oxygen atoms in total. The van der Waals surface area contributed by atoms with Crippen molar-refractivity contribution in [3.63, 3.8) is 0 Å². The Morgan fingerprint density at radius 1 is 1.35 bits per heavy atom. The van der Waals surface area contributed by atoms with E-state index in [1.165, 1.54) is 0 Å². The second-order valence-electron chi connectivity index (χ2n) is 6.11. The van der Waals surface area contributed by atoms with Crippen LogP contribution in [0.15, 0.2) is 6.07 Å². The molecule has 3 rings (SSSR count). The first-order chi connectivity index (χ1) is 11.2. The lowest BCUT2D eigenvalue weighted by Crippen LogP contribution is -2.44. The van der Waals surface area contributed by atoms with E-state index in [1.54, 1.807) is 0 Å². The minimum Gasteiger partial charge on any atom is -0.379 e. The van der Waals surface area contributed by atoms with Crippen LogP contribution in [0.25, 0.3) is 0 Å². The fourth-order valence-electron chi connectivity index (χ4n) is 3.30. The van der Waals surface area contributed by atoms with Gasteiger partial charge in [-0.1, -0.05) is 0 Å². The van der Waals surface area contributed by atoms with Gasteiger partial charge in [0.25, 0.3) is 0 Å². The molecule has 2 saturated heterocycles. The van der Waals surface area contributed by atoms with Crippen molar-refractivity contribution in [3.05, 3.63) is 17.6 Å². The van der Waals surface area contributed by atoms with Crippen LogP contribution in [-0.2, 0) is 9.53 Å². The number of carbonyl (C=O) groups excluding carboxylic acids is 1. The van der Waals surface area contributed by atoms with Gasteiger partial charge in [0.1, 0.15) is 11.6 Å². The highest BCUT2D eigenvalue weighted by atomic mass is 16.5. The van der Waals surface area contributed by atoms with E-state index in [9.17, 15) is 4.79 Å². The first-order valence-corrected chi connectivity index (χ1v) is 8.30. The summed E-state index contributed by atoms with van der Waals surface area (Å²) in [6, 6.07) is 2.02. The van der Waals surface area contributed by atoms with Gasteiger partial charge in [0.15, 0.2) is 0 Å². The summed E-state index contributed by atoms with van der Waals surface area (Å²) in [6.07, 6.45) is 1.99. The normalized spacial score (nSPS) is 22.3. The quantitative estimate of drug-likeness (QED) is 0.886. The van der Waals surface area contributed by atoms with Crippen LogP contribution < -0.4 is 5.32 Å². The molecule has 7 heteroatoms. The van der Waals surface area contributed by atoms with Gasteiger partial charge in [-0.3, -0.25) is 9.69 Å². The Hall–Kier alpha value is -1.73. The number of likely N-dealkylation sites (tertiary alicyclic amines) is 1. The number of ether oxygens (including phenoxy) is 1. The lowest BCUT2D eigenvalue weighted by atomic mass is 10.1. The number of nitrogens with zero attached hydrogens (tertiary/aromatic N) is 4. The van der Waals surface area contributed by atoms with Gasteiger partial charge in [0, 0.05) is 32.7 Å². The summed E-state index contributed by atoms with van der Waals surface area (Å²) in [4.78, 5) is 25.8. The van der Waals surface area contributed by atoms with Crippen molar-refractivity contribution < 1.29 is 9.53 Å². The van der Waals surface area contributed by atoms with Gasteiger partial charge in [-0.15, -0.1) is 0 Å². The molecular weight excluding hydrogens is 294 g/mol. The molecule has 0 spiro atoms. The van der Waals surface area contributed by atoms with Crippen LogP contribution >= 0.6 is 0 Å². The molecule has 1 amide bonds. The van der Waals surface area contributed by atoms with Crippen LogP contribution in [0.3, 0.4) is 0 Å². The summed E-state index contributed by atoms with van der Waals surface area (Å²) in [5.74, 6) is 1.73. The van der Waals surface area contributed by atoms with Gasteiger partial charge in [0.05, 0.1) is 31.5 Å². The number of aromatic nitrogens is 2. The summed E-state index contributed by atoms with van der Waals surface area (Å²) in [5, 5.41) is 3.06. The molecule has 1 aromatic rings. The maximum Gasteiger partial charge on any atom is 0.237 e. The van der Waals surface area contributed by atoms with E-state index >= 15 is 0 Å². The topological polar surface area (TPSA) is 70.6 Å². The molecule has 1 N–H and O–H groups in total. The lowest BCUT2D eigenvalue weighted by Gasteiger charge is -2.30. The van der Waals surface area contributed by atoms with E-state index in [1.807, 2.05) is 24.9 Å². The monoisotopic (exact) mass is 319 g/mol. The van der Waals surface area contributed by atoms with Crippen LogP contribution in [0.5, 0.6) is 0 Å². The van der Waals surface area contributed by atoms with Crippen molar-refractivity contribution in [1.29, 1.82) is 0 Å². The smallest absolute Gasteiger partial charge is 0.237 e. The predicted molar refractivity (Wildman–Crippen MR) is 87.3 cm³/mol. The molecule has 3 heterocycles. The van der Waals surface area contributed by atoms with Gasteiger partial charge in [-0.05, 0) is 19.8 Å². The standard InChI is InChI=1S/C16H25N5O2/c1-12-18-13(10-15(17-2)19-12)14-4-3-5-21(14)16(22)11-20-6-8-23-9-7-20/h10,14H,3-9,11H2,1-2H3,(H,17,18,19). The van der Waals surface area contributed by atoms with E-state index in [2.05, 4.69) is 20.2 Å².